The van der Waals surface area contributed by atoms with Gasteiger partial charge in [-0.2, -0.15) is 0 Å². The average molecular weight is 222 g/mol. The summed E-state index contributed by atoms with van der Waals surface area (Å²) < 4.78 is 0. The standard InChI is InChI=1S/C12H18N2O2/c1-9(6-7-15)14-8-10-2-4-11(5-3-10)12(13)16/h2-5,9,14-15H,6-8H2,1H3,(H2,13,16). The number of hydrogen-bond acceptors (Lipinski definition) is 3. The lowest BCUT2D eigenvalue weighted by molar-refractivity contribution is 0.100. The molecule has 1 unspecified atom stereocenters. The summed E-state index contributed by atoms with van der Waals surface area (Å²) in [6, 6.07) is 7.46. The number of carbonyl (C=O) groups excluding carboxylic acids is 1. The van der Waals surface area contributed by atoms with Crippen LogP contribution in [0, 0.1) is 0 Å². The summed E-state index contributed by atoms with van der Waals surface area (Å²) in [5.41, 5.74) is 6.76. The number of nitrogens with one attached hydrogen (secondary N) is 1. The van der Waals surface area contributed by atoms with Crippen LogP contribution in [0.4, 0.5) is 0 Å². The molecule has 1 atom stereocenters. The number of aliphatic hydroxyl groups excluding tert-OH is 1. The van der Waals surface area contributed by atoms with Crippen molar-refractivity contribution < 1.29 is 9.90 Å². The van der Waals surface area contributed by atoms with Gasteiger partial charge in [0.25, 0.3) is 0 Å². The summed E-state index contributed by atoms with van der Waals surface area (Å²) in [6.07, 6.45) is 0.735. The third kappa shape index (κ3) is 4.00. The zero-order valence-corrected chi connectivity index (χ0v) is 9.44. The first-order valence-corrected chi connectivity index (χ1v) is 5.36. The first-order chi connectivity index (χ1) is 7.63. The minimum atomic E-state index is -0.409. The largest absolute Gasteiger partial charge is 0.396 e. The van der Waals surface area contributed by atoms with Crippen molar-refractivity contribution in [3.63, 3.8) is 0 Å². The van der Waals surface area contributed by atoms with Crippen molar-refractivity contribution in [3.05, 3.63) is 35.4 Å². The number of rotatable bonds is 6. The first-order valence-electron chi connectivity index (χ1n) is 5.36. The molecule has 1 rings (SSSR count). The van der Waals surface area contributed by atoms with Crippen LogP contribution in [0.2, 0.25) is 0 Å². The van der Waals surface area contributed by atoms with Crippen LogP contribution in [0.1, 0.15) is 29.3 Å². The minimum Gasteiger partial charge on any atom is -0.396 e. The summed E-state index contributed by atoms with van der Waals surface area (Å²) in [7, 11) is 0. The molecular formula is C12H18N2O2. The van der Waals surface area contributed by atoms with Crippen LogP contribution in [0.5, 0.6) is 0 Å². The van der Waals surface area contributed by atoms with Crippen LogP contribution in [0.3, 0.4) is 0 Å². The van der Waals surface area contributed by atoms with Crippen LogP contribution in [0.25, 0.3) is 0 Å². The fraction of sp³-hybridized carbons (Fsp3) is 0.417. The van der Waals surface area contributed by atoms with E-state index in [2.05, 4.69) is 5.32 Å². The lowest BCUT2D eigenvalue weighted by atomic mass is 10.1. The summed E-state index contributed by atoms with van der Waals surface area (Å²) in [6.45, 7) is 2.93. The van der Waals surface area contributed by atoms with Crippen LogP contribution >= 0.6 is 0 Å². The molecule has 0 aliphatic carbocycles. The quantitative estimate of drug-likeness (QED) is 0.661. The van der Waals surface area contributed by atoms with Gasteiger partial charge in [-0.3, -0.25) is 4.79 Å². The van der Waals surface area contributed by atoms with Crippen LogP contribution in [0.15, 0.2) is 24.3 Å². The van der Waals surface area contributed by atoms with Gasteiger partial charge in [0, 0.05) is 24.8 Å². The number of hydrogen-bond donors (Lipinski definition) is 3. The molecule has 1 aromatic rings. The van der Waals surface area contributed by atoms with Crippen molar-refractivity contribution in [3.8, 4) is 0 Å². The Morgan fingerprint density at radius 3 is 2.56 bits per heavy atom. The van der Waals surface area contributed by atoms with Crippen molar-refractivity contribution in [2.45, 2.75) is 25.9 Å². The average Bonchev–Trinajstić information content (AvgIpc) is 2.27. The number of carbonyl (C=O) groups is 1. The molecule has 1 aromatic carbocycles. The molecule has 1 amide bonds. The molecule has 0 aliphatic rings. The maximum absolute atomic E-state index is 10.8. The van der Waals surface area contributed by atoms with Crippen molar-refractivity contribution in [2.75, 3.05) is 6.61 Å². The number of nitrogens with two attached hydrogens (primary N) is 1. The summed E-state index contributed by atoms with van der Waals surface area (Å²) in [4.78, 5) is 10.8. The SMILES string of the molecule is CC(CCO)NCc1ccc(C(N)=O)cc1. The fourth-order valence-electron chi connectivity index (χ4n) is 1.37. The van der Waals surface area contributed by atoms with Crippen molar-refractivity contribution in [1.29, 1.82) is 0 Å². The normalized spacial score (nSPS) is 12.4. The van der Waals surface area contributed by atoms with Crippen molar-refractivity contribution >= 4 is 5.91 Å². The molecule has 0 spiro atoms. The molecule has 0 saturated heterocycles. The topological polar surface area (TPSA) is 75.3 Å². The molecule has 0 aromatic heterocycles. The Morgan fingerprint density at radius 1 is 1.44 bits per heavy atom. The number of aliphatic hydroxyl groups is 1. The number of benzene rings is 1. The third-order valence-corrected chi connectivity index (χ3v) is 2.46. The molecular weight excluding hydrogens is 204 g/mol. The molecule has 88 valence electrons. The predicted octanol–water partition coefficient (Wildman–Crippen LogP) is 0.646. The van der Waals surface area contributed by atoms with E-state index in [4.69, 9.17) is 10.8 Å². The molecule has 0 fully saturated rings. The molecule has 4 heteroatoms. The van der Waals surface area contributed by atoms with E-state index in [1.165, 1.54) is 0 Å². The summed E-state index contributed by atoms with van der Waals surface area (Å²) >= 11 is 0. The molecule has 0 radical (unpaired) electrons. The second kappa shape index (κ2) is 6.25. The van der Waals surface area contributed by atoms with E-state index in [0.717, 1.165) is 18.5 Å². The Balaban J connectivity index is 2.46. The van der Waals surface area contributed by atoms with Crippen LogP contribution < -0.4 is 11.1 Å². The van der Waals surface area contributed by atoms with Gasteiger partial charge in [0.1, 0.15) is 0 Å². The van der Waals surface area contributed by atoms with Gasteiger partial charge in [-0.15, -0.1) is 0 Å². The highest BCUT2D eigenvalue weighted by Gasteiger charge is 2.02. The van der Waals surface area contributed by atoms with Gasteiger partial charge in [-0.05, 0) is 31.0 Å². The van der Waals surface area contributed by atoms with Gasteiger partial charge in [0.2, 0.25) is 5.91 Å². The maximum atomic E-state index is 10.8. The predicted molar refractivity (Wildman–Crippen MR) is 63.0 cm³/mol. The molecule has 4 nitrogen and oxygen atoms in total. The highest BCUT2D eigenvalue weighted by Crippen LogP contribution is 2.04. The zero-order valence-electron chi connectivity index (χ0n) is 9.44. The van der Waals surface area contributed by atoms with E-state index >= 15 is 0 Å². The summed E-state index contributed by atoms with van der Waals surface area (Å²) in [5, 5.41) is 12.0. The third-order valence-electron chi connectivity index (χ3n) is 2.46. The highest BCUT2D eigenvalue weighted by molar-refractivity contribution is 5.92. The second-order valence-electron chi connectivity index (χ2n) is 3.86. The van der Waals surface area contributed by atoms with Gasteiger partial charge in [0.05, 0.1) is 0 Å². The van der Waals surface area contributed by atoms with E-state index in [1.807, 2.05) is 19.1 Å². The van der Waals surface area contributed by atoms with Crippen LogP contribution in [-0.2, 0) is 6.54 Å². The minimum absolute atomic E-state index is 0.189. The van der Waals surface area contributed by atoms with Gasteiger partial charge in [-0.25, -0.2) is 0 Å². The van der Waals surface area contributed by atoms with Crippen molar-refractivity contribution in [2.24, 2.45) is 5.73 Å². The van der Waals surface area contributed by atoms with E-state index in [1.54, 1.807) is 12.1 Å². The molecule has 0 bridgehead atoms. The lowest BCUT2D eigenvalue weighted by Gasteiger charge is -2.12. The van der Waals surface area contributed by atoms with Gasteiger partial charge in [-0.1, -0.05) is 12.1 Å². The van der Waals surface area contributed by atoms with Crippen molar-refractivity contribution in [1.82, 2.24) is 5.32 Å². The maximum Gasteiger partial charge on any atom is 0.248 e. The van der Waals surface area contributed by atoms with Crippen LogP contribution in [-0.4, -0.2) is 23.7 Å². The molecule has 4 N–H and O–H groups in total. The van der Waals surface area contributed by atoms with E-state index < -0.39 is 5.91 Å². The Bertz CT molecular complexity index is 335. The first kappa shape index (κ1) is 12.7. The Labute approximate surface area is 95.5 Å². The smallest absolute Gasteiger partial charge is 0.248 e. The Kier molecular flexibility index (Phi) is 4.95. The number of primary amides is 1. The molecule has 0 saturated carbocycles. The molecule has 0 heterocycles. The molecule has 16 heavy (non-hydrogen) atoms. The van der Waals surface area contributed by atoms with E-state index in [0.29, 0.717) is 5.56 Å². The van der Waals surface area contributed by atoms with Gasteiger partial charge in [0.15, 0.2) is 0 Å². The van der Waals surface area contributed by atoms with Gasteiger partial charge < -0.3 is 16.2 Å². The summed E-state index contributed by atoms with van der Waals surface area (Å²) in [5.74, 6) is -0.409. The second-order valence-corrected chi connectivity index (χ2v) is 3.86. The number of amides is 1. The monoisotopic (exact) mass is 222 g/mol. The fourth-order valence-corrected chi connectivity index (χ4v) is 1.37. The van der Waals surface area contributed by atoms with Gasteiger partial charge >= 0.3 is 0 Å². The molecule has 0 aliphatic heterocycles. The zero-order chi connectivity index (χ0) is 12.0. The lowest BCUT2D eigenvalue weighted by Crippen LogP contribution is -2.26. The van der Waals surface area contributed by atoms with E-state index in [9.17, 15) is 4.79 Å². The highest BCUT2D eigenvalue weighted by atomic mass is 16.3. The Hall–Kier alpha value is -1.39. The van der Waals surface area contributed by atoms with E-state index in [-0.39, 0.29) is 12.6 Å². The Morgan fingerprint density at radius 2 is 2.06 bits per heavy atom.